The van der Waals surface area contributed by atoms with Crippen LogP contribution in [-0.2, 0) is 26.2 Å². The fourth-order valence-electron chi connectivity index (χ4n) is 5.98. The molecule has 1 atom stereocenters. The first-order valence-electron chi connectivity index (χ1n) is 15.0. The van der Waals surface area contributed by atoms with E-state index in [2.05, 4.69) is 20.5 Å². The van der Waals surface area contributed by atoms with E-state index in [4.69, 9.17) is 4.42 Å². The molecular formula is C31H37N7O5S. The van der Waals surface area contributed by atoms with Crippen molar-refractivity contribution in [3.63, 3.8) is 0 Å². The second-order valence-electron chi connectivity index (χ2n) is 11.5. The van der Waals surface area contributed by atoms with Crippen LogP contribution in [0.2, 0.25) is 0 Å². The molecule has 1 aliphatic carbocycles. The number of aromatic nitrogens is 3. The number of sulfonamides is 1. The minimum absolute atomic E-state index is 0.000954. The van der Waals surface area contributed by atoms with E-state index in [1.54, 1.807) is 24.3 Å². The molecule has 1 N–H and O–H groups in total. The topological polar surface area (TPSA) is 134 Å². The van der Waals surface area contributed by atoms with Gasteiger partial charge in [0.15, 0.2) is 6.04 Å². The first-order valence-corrected chi connectivity index (χ1v) is 16.5. The molecule has 2 aromatic heterocycles. The van der Waals surface area contributed by atoms with Gasteiger partial charge in [0.25, 0.3) is 5.91 Å². The van der Waals surface area contributed by atoms with E-state index in [1.165, 1.54) is 32.3 Å². The molecule has 13 heteroatoms. The number of para-hydroxylation sites is 1. The third-order valence-electron chi connectivity index (χ3n) is 8.46. The van der Waals surface area contributed by atoms with Crippen LogP contribution in [0.15, 0.2) is 76.2 Å². The number of hydrogen-bond donors (Lipinski definition) is 1. The Labute approximate surface area is 256 Å². The Bertz CT molecular complexity index is 1690. The molecule has 1 aliphatic heterocycles. The van der Waals surface area contributed by atoms with E-state index < -0.39 is 22.0 Å². The van der Waals surface area contributed by atoms with Crippen molar-refractivity contribution in [1.82, 2.24) is 29.5 Å². The molecule has 0 radical (unpaired) electrons. The molecule has 1 saturated heterocycles. The van der Waals surface area contributed by atoms with Gasteiger partial charge in [0.1, 0.15) is 17.8 Å². The maximum atomic E-state index is 14.2. The van der Waals surface area contributed by atoms with Crippen molar-refractivity contribution in [1.29, 1.82) is 0 Å². The quantitative estimate of drug-likeness (QED) is 0.302. The van der Waals surface area contributed by atoms with Gasteiger partial charge in [-0.3, -0.25) is 14.5 Å². The Balaban J connectivity index is 1.36. The summed E-state index contributed by atoms with van der Waals surface area (Å²) in [5.74, 6) is -0.502. The van der Waals surface area contributed by atoms with Crippen molar-refractivity contribution < 1.29 is 22.4 Å². The number of furan rings is 1. The van der Waals surface area contributed by atoms with Crippen molar-refractivity contribution in [2.75, 3.05) is 38.1 Å². The molecule has 3 heterocycles. The number of nitrogens with zero attached hydrogens (tertiary/aromatic N) is 6. The molecule has 0 unspecified atom stereocenters. The van der Waals surface area contributed by atoms with Crippen LogP contribution in [0.1, 0.15) is 43.9 Å². The molecule has 0 spiro atoms. The molecule has 4 aromatic rings. The van der Waals surface area contributed by atoms with Gasteiger partial charge in [-0.15, -0.1) is 5.10 Å². The van der Waals surface area contributed by atoms with E-state index in [0.717, 1.165) is 32.1 Å². The minimum atomic E-state index is -3.73. The molecule has 2 amide bonds. The van der Waals surface area contributed by atoms with Gasteiger partial charge in [0.2, 0.25) is 15.9 Å². The lowest BCUT2D eigenvalue weighted by Gasteiger charge is -2.33. The lowest BCUT2D eigenvalue weighted by molar-refractivity contribution is -0.128. The Hall–Kier alpha value is -4.07. The third-order valence-corrected chi connectivity index (χ3v) is 10.4. The Morgan fingerprint density at radius 1 is 0.977 bits per heavy atom. The third kappa shape index (κ3) is 6.26. The summed E-state index contributed by atoms with van der Waals surface area (Å²) < 4.78 is 35.6. The summed E-state index contributed by atoms with van der Waals surface area (Å²) in [6, 6.07) is 15.7. The average molecular weight is 620 g/mol. The smallest absolute Gasteiger partial charge is 0.251 e. The maximum absolute atomic E-state index is 14.2. The van der Waals surface area contributed by atoms with E-state index in [0.29, 0.717) is 48.7 Å². The SMILES string of the molecule is CN1CCN(S(=O)(=O)c2ccc(N(C(=O)Cn3nnc4ccccc43)[C@H](C(=O)NC3CCCCC3)c3ccco3)cc2)CC1. The van der Waals surface area contributed by atoms with E-state index in [-0.39, 0.29) is 23.4 Å². The first-order chi connectivity index (χ1) is 21.3. The van der Waals surface area contributed by atoms with Gasteiger partial charge in [-0.2, -0.15) is 4.31 Å². The largest absolute Gasteiger partial charge is 0.467 e. The van der Waals surface area contributed by atoms with E-state index in [1.807, 2.05) is 31.3 Å². The Kier molecular flexibility index (Phi) is 8.78. The molecule has 0 bridgehead atoms. The summed E-state index contributed by atoms with van der Waals surface area (Å²) in [5.41, 5.74) is 1.68. The number of carbonyl (C=O) groups is 2. The summed E-state index contributed by atoms with van der Waals surface area (Å²) in [7, 11) is -1.76. The lowest BCUT2D eigenvalue weighted by atomic mass is 9.95. The zero-order valence-electron chi connectivity index (χ0n) is 24.7. The first kappa shape index (κ1) is 30.0. The van der Waals surface area contributed by atoms with Crippen LogP contribution in [0.25, 0.3) is 11.0 Å². The van der Waals surface area contributed by atoms with Crippen LogP contribution in [0, 0.1) is 0 Å². The molecule has 12 nitrogen and oxygen atoms in total. The van der Waals surface area contributed by atoms with Gasteiger partial charge < -0.3 is 14.6 Å². The number of nitrogens with one attached hydrogen (secondary N) is 1. The fourth-order valence-corrected chi connectivity index (χ4v) is 7.40. The molecular weight excluding hydrogens is 582 g/mol. The standard InChI is InChI=1S/C31H37N7O5S/c1-35-17-19-36(20-18-35)44(41,42)25-15-13-24(14-16-25)38(29(39)22-37-27-11-6-5-10-26(27)33-34-37)30(28-12-7-21-43-28)31(40)32-23-8-3-2-4-9-23/h5-7,10-16,21,23,30H,2-4,8-9,17-20,22H2,1H3,(H,32,40)/t30-/m0/s1. The van der Waals surface area contributed by atoms with Gasteiger partial charge in [-0.05, 0) is 68.4 Å². The molecule has 2 aliphatic rings. The highest BCUT2D eigenvalue weighted by Gasteiger charge is 2.37. The summed E-state index contributed by atoms with van der Waals surface area (Å²) in [4.78, 5) is 31.8. The zero-order chi connectivity index (χ0) is 30.7. The number of likely N-dealkylation sites (N-methyl/N-ethyl adjacent to an activating group) is 1. The molecule has 44 heavy (non-hydrogen) atoms. The molecule has 2 fully saturated rings. The van der Waals surface area contributed by atoms with Crippen molar-refractivity contribution in [3.8, 4) is 0 Å². The van der Waals surface area contributed by atoms with Gasteiger partial charge in [-0.25, -0.2) is 13.1 Å². The van der Waals surface area contributed by atoms with Crippen molar-refractivity contribution >= 4 is 38.6 Å². The number of hydrogen-bond acceptors (Lipinski definition) is 8. The predicted molar refractivity (Wildman–Crippen MR) is 164 cm³/mol. The number of fused-ring (bicyclic) bond motifs is 1. The number of anilines is 1. The van der Waals surface area contributed by atoms with Crippen LogP contribution in [0.5, 0.6) is 0 Å². The van der Waals surface area contributed by atoms with E-state index >= 15 is 0 Å². The second-order valence-corrected chi connectivity index (χ2v) is 13.4. The van der Waals surface area contributed by atoms with Crippen LogP contribution in [-0.4, -0.2) is 83.7 Å². The summed E-state index contributed by atoms with van der Waals surface area (Å²) in [6.45, 7) is 1.91. The fraction of sp³-hybridized carbons (Fsp3) is 0.419. The monoisotopic (exact) mass is 619 g/mol. The maximum Gasteiger partial charge on any atom is 0.251 e. The highest BCUT2D eigenvalue weighted by Crippen LogP contribution is 2.31. The summed E-state index contributed by atoms with van der Waals surface area (Å²) in [6.07, 6.45) is 6.40. The number of amides is 2. The van der Waals surface area contributed by atoms with Crippen molar-refractivity contribution in [2.45, 2.75) is 55.6 Å². The number of piperazine rings is 1. The highest BCUT2D eigenvalue weighted by atomic mass is 32.2. The molecule has 232 valence electrons. The van der Waals surface area contributed by atoms with Crippen molar-refractivity contribution in [2.24, 2.45) is 0 Å². The summed E-state index contributed by atoms with van der Waals surface area (Å²) >= 11 is 0. The average Bonchev–Trinajstić information content (AvgIpc) is 3.71. The number of rotatable bonds is 9. The van der Waals surface area contributed by atoms with Gasteiger partial charge >= 0.3 is 0 Å². The normalized spacial score (nSPS) is 17.8. The van der Waals surface area contributed by atoms with Gasteiger partial charge in [-0.1, -0.05) is 36.6 Å². The van der Waals surface area contributed by atoms with E-state index in [9.17, 15) is 18.0 Å². The van der Waals surface area contributed by atoms with Gasteiger partial charge in [0.05, 0.1) is 16.7 Å². The Morgan fingerprint density at radius 2 is 1.70 bits per heavy atom. The predicted octanol–water partition coefficient (Wildman–Crippen LogP) is 3.18. The molecule has 1 saturated carbocycles. The highest BCUT2D eigenvalue weighted by molar-refractivity contribution is 7.89. The zero-order valence-corrected chi connectivity index (χ0v) is 25.5. The molecule has 6 rings (SSSR count). The van der Waals surface area contributed by atoms with Crippen LogP contribution in [0.3, 0.4) is 0 Å². The van der Waals surface area contributed by atoms with Crippen LogP contribution >= 0.6 is 0 Å². The number of benzene rings is 2. The lowest BCUT2D eigenvalue weighted by Crippen LogP contribution is -2.48. The number of carbonyl (C=O) groups excluding carboxylic acids is 2. The summed E-state index contributed by atoms with van der Waals surface area (Å²) in [5, 5.41) is 11.5. The second kappa shape index (κ2) is 12.9. The van der Waals surface area contributed by atoms with Crippen molar-refractivity contribution in [3.05, 3.63) is 72.7 Å². The molecule has 2 aromatic carbocycles. The Morgan fingerprint density at radius 3 is 2.41 bits per heavy atom. The minimum Gasteiger partial charge on any atom is -0.467 e. The van der Waals surface area contributed by atoms with Gasteiger partial charge in [0, 0.05) is 37.9 Å². The van der Waals surface area contributed by atoms with Crippen LogP contribution in [0.4, 0.5) is 5.69 Å². The van der Waals surface area contributed by atoms with Crippen LogP contribution < -0.4 is 10.2 Å².